The van der Waals surface area contributed by atoms with Crippen molar-refractivity contribution in [2.45, 2.75) is 6.92 Å². The SMILES string of the molecule is Cc1cc2sc(NC(=O)c3ccc(-c4cc(Cl)ccc4Cl)o3)nc2cc1Cl. The molecule has 0 spiro atoms. The molecule has 1 N–H and O–H groups in total. The monoisotopic (exact) mass is 436 g/mol. The molecule has 2 heterocycles. The number of anilines is 1. The standard InChI is InChI=1S/C19H11Cl3N2O2S/c1-9-6-17-14(8-13(9)22)23-19(27-17)24-18(25)16-5-4-15(26-16)11-7-10(20)2-3-12(11)21/h2-8H,1H3,(H,23,24,25). The highest BCUT2D eigenvalue weighted by Gasteiger charge is 2.16. The van der Waals surface area contributed by atoms with Gasteiger partial charge in [-0.1, -0.05) is 46.1 Å². The van der Waals surface area contributed by atoms with Gasteiger partial charge in [0.2, 0.25) is 0 Å². The molecular weight excluding hydrogens is 427 g/mol. The van der Waals surface area contributed by atoms with E-state index in [1.807, 2.05) is 13.0 Å². The van der Waals surface area contributed by atoms with E-state index in [0.717, 1.165) is 15.8 Å². The number of hydrogen-bond donors (Lipinski definition) is 1. The van der Waals surface area contributed by atoms with Crippen molar-refractivity contribution in [3.63, 3.8) is 0 Å². The molecule has 0 aliphatic carbocycles. The molecule has 2 aromatic heterocycles. The van der Waals surface area contributed by atoms with Crippen LogP contribution in [0.25, 0.3) is 21.5 Å². The first-order valence-electron chi connectivity index (χ1n) is 7.84. The summed E-state index contributed by atoms with van der Waals surface area (Å²) in [6.45, 7) is 1.92. The highest BCUT2D eigenvalue weighted by molar-refractivity contribution is 7.22. The van der Waals surface area contributed by atoms with E-state index in [-0.39, 0.29) is 5.76 Å². The van der Waals surface area contributed by atoms with E-state index in [1.54, 1.807) is 36.4 Å². The molecule has 0 radical (unpaired) electrons. The molecule has 0 saturated heterocycles. The number of carbonyl (C=O) groups is 1. The third-order valence-corrected chi connectivity index (χ3v) is 5.82. The summed E-state index contributed by atoms with van der Waals surface area (Å²) >= 11 is 19.7. The maximum absolute atomic E-state index is 12.5. The van der Waals surface area contributed by atoms with E-state index in [0.29, 0.717) is 31.5 Å². The molecule has 4 aromatic rings. The number of carbonyl (C=O) groups excluding carboxylic acids is 1. The molecule has 0 aliphatic rings. The molecule has 2 aromatic carbocycles. The quantitative estimate of drug-likeness (QED) is 0.372. The zero-order valence-corrected chi connectivity index (χ0v) is 16.9. The Labute approximate surface area is 173 Å². The zero-order chi connectivity index (χ0) is 19.1. The normalized spacial score (nSPS) is 11.1. The molecule has 1 amide bonds. The molecule has 4 nitrogen and oxygen atoms in total. The van der Waals surface area contributed by atoms with Gasteiger partial charge in [-0.2, -0.15) is 0 Å². The number of nitrogens with zero attached hydrogens (tertiary/aromatic N) is 1. The van der Waals surface area contributed by atoms with Gasteiger partial charge in [0.25, 0.3) is 5.91 Å². The second-order valence-electron chi connectivity index (χ2n) is 5.83. The summed E-state index contributed by atoms with van der Waals surface area (Å²) in [7, 11) is 0. The van der Waals surface area contributed by atoms with Gasteiger partial charge < -0.3 is 4.42 Å². The van der Waals surface area contributed by atoms with Crippen molar-refractivity contribution in [2.24, 2.45) is 0 Å². The van der Waals surface area contributed by atoms with Crippen molar-refractivity contribution in [1.29, 1.82) is 0 Å². The Morgan fingerprint density at radius 3 is 2.70 bits per heavy atom. The van der Waals surface area contributed by atoms with Crippen LogP contribution < -0.4 is 5.32 Å². The molecule has 136 valence electrons. The van der Waals surface area contributed by atoms with Gasteiger partial charge >= 0.3 is 0 Å². The fourth-order valence-electron chi connectivity index (χ4n) is 2.55. The maximum atomic E-state index is 12.5. The van der Waals surface area contributed by atoms with Gasteiger partial charge in [-0.05, 0) is 55.0 Å². The number of fused-ring (bicyclic) bond motifs is 1. The van der Waals surface area contributed by atoms with Gasteiger partial charge in [0.1, 0.15) is 5.76 Å². The Morgan fingerprint density at radius 1 is 1.07 bits per heavy atom. The lowest BCUT2D eigenvalue weighted by molar-refractivity contribution is 0.0997. The van der Waals surface area contributed by atoms with E-state index < -0.39 is 5.91 Å². The molecule has 0 saturated carbocycles. The van der Waals surface area contributed by atoms with Crippen LogP contribution in [0.5, 0.6) is 0 Å². The number of halogens is 3. The molecule has 0 atom stereocenters. The Hall–Kier alpha value is -2.05. The first kappa shape index (κ1) is 18.3. The van der Waals surface area contributed by atoms with E-state index in [1.165, 1.54) is 11.3 Å². The number of amides is 1. The van der Waals surface area contributed by atoms with Crippen LogP contribution >= 0.6 is 46.1 Å². The largest absolute Gasteiger partial charge is 0.451 e. The van der Waals surface area contributed by atoms with Gasteiger partial charge in [-0.15, -0.1) is 0 Å². The summed E-state index contributed by atoms with van der Waals surface area (Å²) in [4.78, 5) is 16.9. The van der Waals surface area contributed by atoms with Crippen LogP contribution in [-0.2, 0) is 0 Å². The van der Waals surface area contributed by atoms with Gasteiger partial charge in [0.05, 0.1) is 15.2 Å². The number of benzene rings is 2. The molecule has 0 aliphatic heterocycles. The molecule has 27 heavy (non-hydrogen) atoms. The lowest BCUT2D eigenvalue weighted by atomic mass is 10.2. The second kappa shape index (κ2) is 7.17. The molecule has 0 fully saturated rings. The number of furan rings is 1. The highest BCUT2D eigenvalue weighted by Crippen LogP contribution is 2.33. The van der Waals surface area contributed by atoms with Crippen molar-refractivity contribution < 1.29 is 9.21 Å². The predicted octanol–water partition coefficient (Wildman–Crippen LogP) is 7.08. The summed E-state index contributed by atoms with van der Waals surface area (Å²) in [6, 6.07) is 12.0. The summed E-state index contributed by atoms with van der Waals surface area (Å²) in [5, 5.41) is 4.87. The first-order valence-corrected chi connectivity index (χ1v) is 9.79. The van der Waals surface area contributed by atoms with Crippen molar-refractivity contribution in [2.75, 3.05) is 5.32 Å². The summed E-state index contributed by atoms with van der Waals surface area (Å²) in [5.41, 5.74) is 2.31. The smallest absolute Gasteiger partial charge is 0.293 e. The molecule has 0 unspecified atom stereocenters. The van der Waals surface area contributed by atoms with Crippen molar-refractivity contribution in [1.82, 2.24) is 4.98 Å². The van der Waals surface area contributed by atoms with Crippen molar-refractivity contribution >= 4 is 67.4 Å². The third-order valence-electron chi connectivity index (χ3n) is 3.91. The fraction of sp³-hybridized carbons (Fsp3) is 0.0526. The highest BCUT2D eigenvalue weighted by atomic mass is 35.5. The van der Waals surface area contributed by atoms with Crippen LogP contribution in [0.2, 0.25) is 15.1 Å². The van der Waals surface area contributed by atoms with E-state index in [9.17, 15) is 4.79 Å². The first-order chi connectivity index (χ1) is 12.9. The van der Waals surface area contributed by atoms with Gasteiger partial charge in [-0.25, -0.2) is 4.98 Å². The number of thiazole rings is 1. The predicted molar refractivity (Wildman–Crippen MR) is 111 cm³/mol. The van der Waals surface area contributed by atoms with Crippen LogP contribution in [0.15, 0.2) is 46.9 Å². The van der Waals surface area contributed by atoms with Crippen molar-refractivity contribution in [3.05, 3.63) is 68.9 Å². The second-order valence-corrected chi connectivity index (χ2v) is 8.11. The zero-order valence-electron chi connectivity index (χ0n) is 13.8. The minimum atomic E-state index is -0.402. The Kier molecular flexibility index (Phi) is 4.86. The Morgan fingerprint density at radius 2 is 1.89 bits per heavy atom. The maximum Gasteiger partial charge on any atom is 0.293 e. The molecule has 0 bridgehead atoms. The van der Waals surface area contributed by atoms with Gasteiger partial charge in [0.15, 0.2) is 10.9 Å². The number of aryl methyl sites for hydroxylation is 1. The average molecular weight is 438 g/mol. The molecular formula is C19H11Cl3N2O2S. The Bertz CT molecular complexity index is 1140. The lowest BCUT2D eigenvalue weighted by Crippen LogP contribution is -2.10. The summed E-state index contributed by atoms with van der Waals surface area (Å²) < 4.78 is 6.60. The van der Waals surface area contributed by atoms with Crippen LogP contribution in [-0.4, -0.2) is 10.9 Å². The number of hydrogen-bond acceptors (Lipinski definition) is 4. The average Bonchev–Trinajstić information content (AvgIpc) is 3.24. The van der Waals surface area contributed by atoms with E-state index in [2.05, 4.69) is 10.3 Å². The lowest BCUT2D eigenvalue weighted by Gasteiger charge is -2.02. The number of nitrogens with one attached hydrogen (secondary N) is 1. The van der Waals surface area contributed by atoms with Crippen molar-refractivity contribution in [3.8, 4) is 11.3 Å². The topological polar surface area (TPSA) is 55.1 Å². The van der Waals surface area contributed by atoms with E-state index >= 15 is 0 Å². The minimum Gasteiger partial charge on any atom is -0.451 e. The Balaban J connectivity index is 1.59. The number of aromatic nitrogens is 1. The third kappa shape index (κ3) is 3.69. The minimum absolute atomic E-state index is 0.148. The van der Waals surface area contributed by atoms with Crippen LogP contribution in [0.1, 0.15) is 16.1 Å². The summed E-state index contributed by atoms with van der Waals surface area (Å²) in [5.74, 6) is 0.204. The fourth-order valence-corrected chi connectivity index (χ4v) is 4.03. The van der Waals surface area contributed by atoms with Crippen LogP contribution in [0.3, 0.4) is 0 Å². The summed E-state index contributed by atoms with van der Waals surface area (Å²) in [6.07, 6.45) is 0. The number of rotatable bonds is 3. The van der Waals surface area contributed by atoms with Crippen LogP contribution in [0, 0.1) is 6.92 Å². The van der Waals surface area contributed by atoms with Crippen LogP contribution in [0.4, 0.5) is 5.13 Å². The van der Waals surface area contributed by atoms with Gasteiger partial charge in [0, 0.05) is 15.6 Å². The van der Waals surface area contributed by atoms with Gasteiger partial charge in [-0.3, -0.25) is 10.1 Å². The molecule has 4 rings (SSSR count). The molecule has 8 heteroatoms. The van der Waals surface area contributed by atoms with E-state index in [4.69, 9.17) is 39.2 Å².